The van der Waals surface area contributed by atoms with Crippen molar-refractivity contribution >= 4 is 33.5 Å². The molecule has 1 aromatic rings. The van der Waals surface area contributed by atoms with E-state index in [0.717, 1.165) is 0 Å². The van der Waals surface area contributed by atoms with Crippen LogP contribution in [0.1, 0.15) is 18.6 Å². The van der Waals surface area contributed by atoms with E-state index in [9.17, 15) is 13.5 Å². The molecule has 0 aliphatic heterocycles. The lowest BCUT2D eigenvalue weighted by Gasteiger charge is -2.20. The summed E-state index contributed by atoms with van der Waals surface area (Å²) < 4.78 is 31.6. The zero-order chi connectivity index (χ0) is 13.2. The van der Waals surface area contributed by atoms with Crippen LogP contribution in [0.2, 0.25) is 10.0 Å². The summed E-state index contributed by atoms with van der Waals surface area (Å²) in [6, 6.07) is 3.52. The number of aliphatic hydroxyl groups is 1. The molecular formula is C9H11Cl2NO4S. The molecule has 0 aliphatic carbocycles. The number of hydrogen-bond donors (Lipinski definition) is 3. The maximum atomic E-state index is 10.6. The van der Waals surface area contributed by atoms with Crippen molar-refractivity contribution in [3.05, 3.63) is 33.8 Å². The molecule has 1 aromatic carbocycles. The Balaban J connectivity index is 2.96. The van der Waals surface area contributed by atoms with Crippen LogP contribution in [-0.2, 0) is 10.3 Å². The highest BCUT2D eigenvalue weighted by Gasteiger charge is 2.22. The normalized spacial score (nSPS) is 15.6. The van der Waals surface area contributed by atoms with E-state index in [1.807, 2.05) is 4.72 Å². The molecule has 0 saturated heterocycles. The standard InChI is InChI=1S/C9H11Cl2NO4S/c1-5(12-17(14,15)16)9(13)7-4-6(10)2-3-8(7)11/h2-5,9,12-13H,1H3,(H,14,15,16)/t5-,9+/m0/s1. The van der Waals surface area contributed by atoms with Crippen molar-refractivity contribution in [1.29, 1.82) is 0 Å². The Labute approximate surface area is 109 Å². The largest absolute Gasteiger partial charge is 0.387 e. The van der Waals surface area contributed by atoms with Crippen LogP contribution in [0.25, 0.3) is 0 Å². The van der Waals surface area contributed by atoms with E-state index in [4.69, 9.17) is 27.8 Å². The summed E-state index contributed by atoms with van der Waals surface area (Å²) in [5.41, 5.74) is 0.280. The van der Waals surface area contributed by atoms with E-state index in [1.54, 1.807) is 6.07 Å². The van der Waals surface area contributed by atoms with Gasteiger partial charge in [-0.25, -0.2) is 0 Å². The Kier molecular flexibility index (Phi) is 4.77. The van der Waals surface area contributed by atoms with Gasteiger partial charge in [-0.3, -0.25) is 4.55 Å². The summed E-state index contributed by atoms with van der Waals surface area (Å²) in [4.78, 5) is 0. The van der Waals surface area contributed by atoms with E-state index < -0.39 is 22.4 Å². The molecule has 5 nitrogen and oxygen atoms in total. The molecule has 8 heteroatoms. The fourth-order valence-corrected chi connectivity index (χ4v) is 2.32. The molecule has 0 aliphatic rings. The maximum Gasteiger partial charge on any atom is 0.333 e. The van der Waals surface area contributed by atoms with Gasteiger partial charge in [0.1, 0.15) is 0 Å². The van der Waals surface area contributed by atoms with Gasteiger partial charge in [0.05, 0.1) is 12.1 Å². The van der Waals surface area contributed by atoms with Crippen LogP contribution in [0.15, 0.2) is 18.2 Å². The first kappa shape index (κ1) is 14.7. The average Bonchev–Trinajstić information content (AvgIpc) is 2.18. The van der Waals surface area contributed by atoms with Crippen LogP contribution in [0.5, 0.6) is 0 Å². The minimum atomic E-state index is -4.39. The molecule has 3 N–H and O–H groups in total. The fraction of sp³-hybridized carbons (Fsp3) is 0.333. The van der Waals surface area contributed by atoms with Crippen LogP contribution >= 0.6 is 23.2 Å². The summed E-state index contributed by atoms with van der Waals surface area (Å²) in [6.45, 7) is 1.38. The van der Waals surface area contributed by atoms with Crippen LogP contribution in [0.4, 0.5) is 0 Å². The molecule has 0 aromatic heterocycles. The quantitative estimate of drug-likeness (QED) is 0.740. The van der Waals surface area contributed by atoms with Gasteiger partial charge in [0.25, 0.3) is 0 Å². The summed E-state index contributed by atoms with van der Waals surface area (Å²) in [5, 5.41) is 10.5. The van der Waals surface area contributed by atoms with Crippen molar-refractivity contribution in [2.75, 3.05) is 0 Å². The summed E-state index contributed by atoms with van der Waals surface area (Å²) in [6.07, 6.45) is -1.22. The van der Waals surface area contributed by atoms with Crippen molar-refractivity contribution in [2.45, 2.75) is 19.1 Å². The Morgan fingerprint density at radius 3 is 2.47 bits per heavy atom. The molecule has 0 bridgehead atoms. The van der Waals surface area contributed by atoms with Crippen molar-refractivity contribution in [3.63, 3.8) is 0 Å². The fourth-order valence-electron chi connectivity index (χ4n) is 1.31. The minimum Gasteiger partial charge on any atom is -0.387 e. The van der Waals surface area contributed by atoms with E-state index in [2.05, 4.69) is 0 Å². The van der Waals surface area contributed by atoms with Crippen molar-refractivity contribution in [2.24, 2.45) is 0 Å². The van der Waals surface area contributed by atoms with Crippen molar-refractivity contribution in [3.8, 4) is 0 Å². The number of nitrogens with one attached hydrogen (secondary N) is 1. The molecule has 0 fully saturated rings. The summed E-state index contributed by atoms with van der Waals surface area (Å²) >= 11 is 11.6. The average molecular weight is 300 g/mol. The second kappa shape index (κ2) is 5.51. The molecule has 2 atom stereocenters. The second-order valence-corrected chi connectivity index (χ2v) is 5.52. The third-order valence-electron chi connectivity index (χ3n) is 2.09. The Morgan fingerprint density at radius 2 is 1.94 bits per heavy atom. The van der Waals surface area contributed by atoms with Gasteiger partial charge in [-0.15, -0.1) is 0 Å². The highest BCUT2D eigenvalue weighted by molar-refractivity contribution is 7.83. The molecule has 0 saturated carbocycles. The van der Waals surface area contributed by atoms with Crippen LogP contribution in [-0.4, -0.2) is 24.1 Å². The van der Waals surface area contributed by atoms with Gasteiger partial charge in [-0.05, 0) is 25.1 Å². The van der Waals surface area contributed by atoms with Gasteiger partial charge >= 0.3 is 10.3 Å². The van der Waals surface area contributed by atoms with Gasteiger partial charge in [-0.1, -0.05) is 23.2 Å². The zero-order valence-electron chi connectivity index (χ0n) is 8.76. The molecule has 0 heterocycles. The molecular weight excluding hydrogens is 289 g/mol. The molecule has 17 heavy (non-hydrogen) atoms. The highest BCUT2D eigenvalue weighted by Crippen LogP contribution is 2.28. The first-order valence-corrected chi connectivity index (χ1v) is 6.78. The van der Waals surface area contributed by atoms with E-state index in [0.29, 0.717) is 5.02 Å². The van der Waals surface area contributed by atoms with Crippen LogP contribution < -0.4 is 4.72 Å². The SMILES string of the molecule is C[C@H](NS(=O)(=O)O)[C@@H](O)c1cc(Cl)ccc1Cl. The molecule has 0 unspecified atom stereocenters. The van der Waals surface area contributed by atoms with Crippen molar-refractivity contribution < 1.29 is 18.1 Å². The topological polar surface area (TPSA) is 86.6 Å². The smallest absolute Gasteiger partial charge is 0.333 e. The Hall–Kier alpha value is -0.370. The predicted octanol–water partition coefficient (Wildman–Crippen LogP) is 1.81. The number of hydrogen-bond acceptors (Lipinski definition) is 3. The molecule has 0 spiro atoms. The lowest BCUT2D eigenvalue weighted by atomic mass is 10.0. The number of benzene rings is 1. The monoisotopic (exact) mass is 299 g/mol. The molecule has 96 valence electrons. The number of aliphatic hydroxyl groups excluding tert-OH is 1. The number of halogens is 2. The first-order chi connectivity index (χ1) is 7.70. The molecule has 0 radical (unpaired) electrons. The van der Waals surface area contributed by atoms with Crippen LogP contribution in [0, 0.1) is 0 Å². The minimum absolute atomic E-state index is 0.255. The molecule has 1 rings (SSSR count). The van der Waals surface area contributed by atoms with Crippen LogP contribution in [0.3, 0.4) is 0 Å². The predicted molar refractivity (Wildman–Crippen MR) is 65.6 cm³/mol. The van der Waals surface area contributed by atoms with E-state index >= 15 is 0 Å². The third kappa shape index (κ3) is 4.42. The zero-order valence-corrected chi connectivity index (χ0v) is 11.1. The van der Waals surface area contributed by atoms with Gasteiger partial charge < -0.3 is 5.11 Å². The summed E-state index contributed by atoms with van der Waals surface area (Å²) in [7, 11) is -4.39. The lowest BCUT2D eigenvalue weighted by molar-refractivity contribution is 0.145. The van der Waals surface area contributed by atoms with Gasteiger partial charge in [0, 0.05) is 15.6 Å². The number of rotatable bonds is 4. The first-order valence-electron chi connectivity index (χ1n) is 4.58. The van der Waals surface area contributed by atoms with E-state index in [-0.39, 0.29) is 10.6 Å². The van der Waals surface area contributed by atoms with Gasteiger partial charge in [-0.2, -0.15) is 13.1 Å². The molecule has 0 amide bonds. The van der Waals surface area contributed by atoms with Gasteiger partial charge in [0.15, 0.2) is 0 Å². The Bertz CT molecular complexity index is 506. The summed E-state index contributed by atoms with van der Waals surface area (Å²) in [5.74, 6) is 0. The van der Waals surface area contributed by atoms with Gasteiger partial charge in [0.2, 0.25) is 0 Å². The lowest BCUT2D eigenvalue weighted by Crippen LogP contribution is -2.36. The Morgan fingerprint density at radius 1 is 1.35 bits per heavy atom. The maximum absolute atomic E-state index is 10.6. The second-order valence-electron chi connectivity index (χ2n) is 3.49. The third-order valence-corrected chi connectivity index (χ3v) is 3.33. The van der Waals surface area contributed by atoms with Crippen molar-refractivity contribution in [1.82, 2.24) is 4.72 Å². The highest BCUT2D eigenvalue weighted by atomic mass is 35.5. The van der Waals surface area contributed by atoms with E-state index in [1.165, 1.54) is 19.1 Å².